The summed E-state index contributed by atoms with van der Waals surface area (Å²) < 4.78 is 3.83. The number of unbranched alkanes of at least 4 members (excludes halogenated alkanes) is 4. The molecule has 164 valence electrons. The molecule has 3 aromatic heterocycles. The van der Waals surface area contributed by atoms with Crippen LogP contribution in [-0.4, -0.2) is 24.9 Å². The SMILES string of the molecule is CCCCCCCSc1nnc2n(C)c(=O)c3c4c(sc3n12)CC(C(C)(C)C)CC4. The number of thioether (sulfide) groups is 1. The number of rotatable bonds is 7. The first-order valence-electron chi connectivity index (χ1n) is 11.3. The summed E-state index contributed by atoms with van der Waals surface area (Å²) >= 11 is 3.57. The molecule has 0 saturated carbocycles. The molecule has 0 spiro atoms. The van der Waals surface area contributed by atoms with E-state index in [0.29, 0.717) is 17.1 Å². The number of hydrogen-bond donors (Lipinski definition) is 0. The third kappa shape index (κ3) is 3.95. The van der Waals surface area contributed by atoms with Gasteiger partial charge in [-0.25, -0.2) is 4.40 Å². The third-order valence-electron chi connectivity index (χ3n) is 6.59. The zero-order valence-electron chi connectivity index (χ0n) is 19.0. The lowest BCUT2D eigenvalue weighted by molar-refractivity contribution is 0.218. The molecule has 0 fully saturated rings. The average Bonchev–Trinajstić information content (AvgIpc) is 3.29. The van der Waals surface area contributed by atoms with E-state index >= 15 is 0 Å². The summed E-state index contributed by atoms with van der Waals surface area (Å²) in [7, 11) is 1.83. The lowest BCUT2D eigenvalue weighted by atomic mass is 9.72. The second-order valence-corrected chi connectivity index (χ2v) is 11.9. The van der Waals surface area contributed by atoms with E-state index < -0.39 is 0 Å². The molecule has 0 aromatic carbocycles. The molecule has 1 aliphatic rings. The van der Waals surface area contributed by atoms with E-state index in [1.807, 2.05) is 7.05 Å². The Balaban J connectivity index is 1.71. The van der Waals surface area contributed by atoms with Crippen LogP contribution in [0.15, 0.2) is 9.95 Å². The van der Waals surface area contributed by atoms with Gasteiger partial charge in [0.25, 0.3) is 5.56 Å². The first-order chi connectivity index (χ1) is 14.3. The van der Waals surface area contributed by atoms with Gasteiger partial charge < -0.3 is 0 Å². The van der Waals surface area contributed by atoms with Gasteiger partial charge in [0, 0.05) is 17.7 Å². The molecule has 0 bridgehead atoms. The highest BCUT2D eigenvalue weighted by Crippen LogP contribution is 2.43. The van der Waals surface area contributed by atoms with Crippen LogP contribution in [0.5, 0.6) is 0 Å². The van der Waals surface area contributed by atoms with E-state index in [2.05, 4.69) is 42.3 Å². The van der Waals surface area contributed by atoms with Crippen LogP contribution in [-0.2, 0) is 19.9 Å². The van der Waals surface area contributed by atoms with Crippen LogP contribution in [0.3, 0.4) is 0 Å². The highest BCUT2D eigenvalue weighted by molar-refractivity contribution is 7.99. The molecule has 0 amide bonds. The number of aromatic nitrogens is 4. The molecule has 4 rings (SSSR count). The van der Waals surface area contributed by atoms with E-state index in [-0.39, 0.29) is 5.56 Å². The number of aryl methyl sites for hydroxylation is 2. The first-order valence-corrected chi connectivity index (χ1v) is 13.1. The molecule has 0 aliphatic heterocycles. The fraction of sp³-hybridized carbons (Fsp3) is 0.696. The van der Waals surface area contributed by atoms with Gasteiger partial charge in [-0.1, -0.05) is 65.1 Å². The van der Waals surface area contributed by atoms with Crippen molar-refractivity contribution in [3.63, 3.8) is 0 Å². The molecule has 0 radical (unpaired) electrons. The van der Waals surface area contributed by atoms with Crippen molar-refractivity contribution in [2.45, 2.75) is 84.2 Å². The van der Waals surface area contributed by atoms with Crippen molar-refractivity contribution in [3.8, 4) is 0 Å². The summed E-state index contributed by atoms with van der Waals surface area (Å²) in [5.41, 5.74) is 1.65. The van der Waals surface area contributed by atoms with Crippen LogP contribution < -0.4 is 5.56 Å². The second-order valence-electron chi connectivity index (χ2n) is 9.73. The quantitative estimate of drug-likeness (QED) is 0.337. The van der Waals surface area contributed by atoms with Gasteiger partial charge in [0.05, 0.1) is 5.39 Å². The summed E-state index contributed by atoms with van der Waals surface area (Å²) in [6, 6.07) is 0. The van der Waals surface area contributed by atoms with Crippen LogP contribution in [0.25, 0.3) is 16.0 Å². The molecule has 0 saturated heterocycles. The Bertz CT molecular complexity index is 1100. The maximum Gasteiger partial charge on any atom is 0.263 e. The highest BCUT2D eigenvalue weighted by atomic mass is 32.2. The third-order valence-corrected chi connectivity index (χ3v) is 8.84. The highest BCUT2D eigenvalue weighted by Gasteiger charge is 2.32. The van der Waals surface area contributed by atoms with Crippen molar-refractivity contribution < 1.29 is 0 Å². The fourth-order valence-electron chi connectivity index (χ4n) is 4.57. The van der Waals surface area contributed by atoms with Gasteiger partial charge in [-0.2, -0.15) is 0 Å². The summed E-state index contributed by atoms with van der Waals surface area (Å²) in [5.74, 6) is 2.37. The van der Waals surface area contributed by atoms with Crippen molar-refractivity contribution >= 4 is 39.1 Å². The fourth-order valence-corrected chi connectivity index (χ4v) is 6.97. The Labute approximate surface area is 187 Å². The van der Waals surface area contributed by atoms with E-state index in [0.717, 1.165) is 40.4 Å². The maximum atomic E-state index is 13.2. The molecular weight excluding hydrogens is 412 g/mol. The number of thiophene rings is 1. The average molecular weight is 447 g/mol. The van der Waals surface area contributed by atoms with Crippen molar-refractivity contribution in [3.05, 3.63) is 20.8 Å². The molecular formula is C23H34N4OS2. The molecule has 0 N–H and O–H groups in total. The predicted octanol–water partition coefficient (Wildman–Crippen LogP) is 5.86. The molecule has 1 atom stereocenters. The monoisotopic (exact) mass is 446 g/mol. The maximum absolute atomic E-state index is 13.2. The van der Waals surface area contributed by atoms with Gasteiger partial charge in [0.2, 0.25) is 5.78 Å². The van der Waals surface area contributed by atoms with E-state index in [1.54, 1.807) is 27.7 Å². The second kappa shape index (κ2) is 8.65. The van der Waals surface area contributed by atoms with Crippen molar-refractivity contribution in [1.29, 1.82) is 0 Å². The van der Waals surface area contributed by atoms with Crippen molar-refractivity contribution in [1.82, 2.24) is 19.2 Å². The molecule has 7 heteroatoms. The minimum absolute atomic E-state index is 0.0766. The summed E-state index contributed by atoms with van der Waals surface area (Å²) in [5, 5.41) is 10.7. The smallest absolute Gasteiger partial charge is 0.263 e. The van der Waals surface area contributed by atoms with E-state index in [9.17, 15) is 4.79 Å². The van der Waals surface area contributed by atoms with Gasteiger partial charge >= 0.3 is 0 Å². The van der Waals surface area contributed by atoms with Crippen LogP contribution in [0.4, 0.5) is 0 Å². The Hall–Kier alpha value is -1.34. The van der Waals surface area contributed by atoms with Crippen LogP contribution in [0, 0.1) is 11.3 Å². The van der Waals surface area contributed by atoms with Crippen LogP contribution in [0.1, 0.15) is 76.7 Å². The predicted molar refractivity (Wildman–Crippen MR) is 128 cm³/mol. The summed E-state index contributed by atoms with van der Waals surface area (Å²) in [6.07, 6.45) is 9.60. The number of nitrogens with zero attached hydrogens (tertiary/aromatic N) is 4. The standard InChI is InChI=1S/C23H34N4OS2/c1-6-7-8-9-10-13-29-22-25-24-21-26(5)19(28)18-16-12-11-15(23(2,3)4)14-17(16)30-20(18)27(21)22/h15H,6-14H2,1-5H3. The number of fused-ring (bicyclic) bond motifs is 5. The topological polar surface area (TPSA) is 52.2 Å². The van der Waals surface area contributed by atoms with E-state index in [4.69, 9.17) is 0 Å². The van der Waals surface area contributed by atoms with Gasteiger partial charge in [0.1, 0.15) is 4.83 Å². The van der Waals surface area contributed by atoms with Gasteiger partial charge in [-0.05, 0) is 42.6 Å². The minimum atomic E-state index is 0.0766. The molecule has 30 heavy (non-hydrogen) atoms. The Morgan fingerprint density at radius 2 is 1.93 bits per heavy atom. The van der Waals surface area contributed by atoms with Crippen molar-refractivity contribution in [2.75, 3.05) is 5.75 Å². The Morgan fingerprint density at radius 3 is 2.67 bits per heavy atom. The summed E-state index contributed by atoms with van der Waals surface area (Å²) in [6.45, 7) is 9.25. The number of hydrogen-bond acceptors (Lipinski definition) is 5. The molecule has 1 aliphatic carbocycles. The Morgan fingerprint density at radius 1 is 1.17 bits per heavy atom. The van der Waals surface area contributed by atoms with E-state index in [1.165, 1.54) is 42.5 Å². The first kappa shape index (κ1) is 21.9. The largest absolute Gasteiger partial charge is 0.279 e. The molecule has 5 nitrogen and oxygen atoms in total. The van der Waals surface area contributed by atoms with Crippen LogP contribution >= 0.6 is 23.1 Å². The molecule has 3 aromatic rings. The normalized spacial score (nSPS) is 17.2. The van der Waals surface area contributed by atoms with Crippen LogP contribution in [0.2, 0.25) is 0 Å². The minimum Gasteiger partial charge on any atom is -0.279 e. The van der Waals surface area contributed by atoms with Gasteiger partial charge in [-0.15, -0.1) is 21.5 Å². The van der Waals surface area contributed by atoms with Gasteiger partial charge in [0.15, 0.2) is 5.16 Å². The molecule has 3 heterocycles. The van der Waals surface area contributed by atoms with Crippen molar-refractivity contribution in [2.24, 2.45) is 18.4 Å². The zero-order valence-corrected chi connectivity index (χ0v) is 20.6. The molecule has 1 unspecified atom stereocenters. The summed E-state index contributed by atoms with van der Waals surface area (Å²) in [4.78, 5) is 15.6. The lowest BCUT2D eigenvalue weighted by Crippen LogP contribution is -2.27. The lowest BCUT2D eigenvalue weighted by Gasteiger charge is -2.33. The zero-order chi connectivity index (χ0) is 21.5. The van der Waals surface area contributed by atoms with Gasteiger partial charge in [-0.3, -0.25) is 9.36 Å². The Kier molecular flexibility index (Phi) is 6.31.